The second-order valence-electron chi connectivity index (χ2n) is 3.93. The number of nitriles is 1. The monoisotopic (exact) mass is 241 g/mol. The molecule has 0 spiro atoms. The van der Waals surface area contributed by atoms with Crippen LogP contribution >= 0.6 is 0 Å². The minimum Gasteiger partial charge on any atom is -0.278 e. The van der Waals surface area contributed by atoms with Gasteiger partial charge >= 0.3 is 0 Å². The molecule has 0 saturated heterocycles. The Balaban J connectivity index is 2.06. The first-order valence-electron chi connectivity index (χ1n) is 5.92. The number of aromatic nitrogens is 3. The molecule has 5 nitrogen and oxygen atoms in total. The van der Waals surface area contributed by atoms with Crippen molar-refractivity contribution in [2.75, 3.05) is 11.4 Å². The molecule has 0 amide bonds. The Labute approximate surface area is 106 Å². The summed E-state index contributed by atoms with van der Waals surface area (Å²) in [4.78, 5) is 5.54. The van der Waals surface area contributed by atoms with Crippen LogP contribution in [0.5, 0.6) is 0 Å². The van der Waals surface area contributed by atoms with E-state index in [9.17, 15) is 5.26 Å². The predicted molar refractivity (Wildman–Crippen MR) is 68.8 cm³/mol. The van der Waals surface area contributed by atoms with Gasteiger partial charge in [0, 0.05) is 0 Å². The lowest BCUT2D eigenvalue weighted by Crippen LogP contribution is -2.22. The maximum Gasteiger partial charge on any atom is 0.184 e. The molecule has 0 aliphatic carbocycles. The normalized spacial score (nSPS) is 10.0. The van der Waals surface area contributed by atoms with Gasteiger partial charge in [0.25, 0.3) is 0 Å². The summed E-state index contributed by atoms with van der Waals surface area (Å²) in [6.07, 6.45) is 6.32. The smallest absolute Gasteiger partial charge is 0.184 e. The van der Waals surface area contributed by atoms with E-state index in [1.165, 1.54) is 11.9 Å². The fourth-order valence-corrected chi connectivity index (χ4v) is 1.73. The van der Waals surface area contributed by atoms with E-state index in [4.69, 9.17) is 0 Å². The summed E-state index contributed by atoms with van der Waals surface area (Å²) in [5.74, 6) is 0. The van der Waals surface area contributed by atoms with Gasteiger partial charge in [-0.15, -0.1) is 0 Å². The van der Waals surface area contributed by atoms with E-state index in [1.54, 1.807) is 15.9 Å². The minimum atomic E-state index is 0.590. The summed E-state index contributed by atoms with van der Waals surface area (Å²) >= 11 is 0. The van der Waals surface area contributed by atoms with Crippen LogP contribution in [0.4, 0.5) is 5.69 Å². The zero-order chi connectivity index (χ0) is 12.8. The highest BCUT2D eigenvalue weighted by Gasteiger charge is 2.06. The third-order valence-electron chi connectivity index (χ3n) is 2.77. The van der Waals surface area contributed by atoms with E-state index in [2.05, 4.69) is 29.3 Å². The zero-order valence-electron chi connectivity index (χ0n) is 10.3. The van der Waals surface area contributed by atoms with Crippen LogP contribution in [-0.2, 0) is 13.0 Å². The van der Waals surface area contributed by atoms with Crippen molar-refractivity contribution < 1.29 is 0 Å². The fraction of sp³-hybridized carbons (Fsp3) is 0.308. The van der Waals surface area contributed by atoms with Crippen LogP contribution in [-0.4, -0.2) is 21.3 Å². The van der Waals surface area contributed by atoms with Crippen molar-refractivity contribution in [3.8, 4) is 6.19 Å². The van der Waals surface area contributed by atoms with Crippen LogP contribution in [0, 0.1) is 11.5 Å². The van der Waals surface area contributed by atoms with Crippen molar-refractivity contribution in [1.29, 1.82) is 5.26 Å². The number of benzene rings is 1. The zero-order valence-corrected chi connectivity index (χ0v) is 10.3. The van der Waals surface area contributed by atoms with Crippen molar-refractivity contribution in [2.45, 2.75) is 19.9 Å². The van der Waals surface area contributed by atoms with Gasteiger partial charge in [0.1, 0.15) is 12.7 Å². The van der Waals surface area contributed by atoms with Gasteiger partial charge in [0.05, 0.1) is 18.8 Å². The Bertz CT molecular complexity index is 527. The Kier molecular flexibility index (Phi) is 3.92. The lowest BCUT2D eigenvalue weighted by atomic mass is 10.1. The second kappa shape index (κ2) is 5.82. The lowest BCUT2D eigenvalue weighted by molar-refractivity contribution is 0.617. The summed E-state index contributed by atoms with van der Waals surface area (Å²) in [5, 5.41) is 13.2. The van der Waals surface area contributed by atoms with Crippen molar-refractivity contribution >= 4 is 5.69 Å². The molecule has 2 rings (SSSR count). The first-order chi connectivity index (χ1) is 8.83. The third kappa shape index (κ3) is 2.86. The van der Waals surface area contributed by atoms with Crippen LogP contribution < -0.4 is 4.90 Å². The van der Waals surface area contributed by atoms with Crippen molar-refractivity contribution in [2.24, 2.45) is 0 Å². The summed E-state index contributed by atoms with van der Waals surface area (Å²) in [6, 6.07) is 8.04. The molecular formula is C13H15N5. The Hall–Kier alpha value is -2.35. The SMILES string of the molecule is CCc1cccc(N(C#N)CCn2cncn2)c1. The lowest BCUT2D eigenvalue weighted by Gasteiger charge is -2.16. The van der Waals surface area contributed by atoms with Crippen molar-refractivity contribution in [3.05, 3.63) is 42.5 Å². The molecule has 0 N–H and O–H groups in total. The average molecular weight is 241 g/mol. The molecule has 5 heteroatoms. The summed E-state index contributed by atoms with van der Waals surface area (Å²) in [5.41, 5.74) is 2.16. The van der Waals surface area contributed by atoms with Crippen molar-refractivity contribution in [1.82, 2.24) is 14.8 Å². The number of hydrogen-bond donors (Lipinski definition) is 0. The van der Waals surface area contributed by atoms with Crippen LogP contribution in [0.3, 0.4) is 0 Å². The molecule has 2 aromatic rings. The highest BCUT2D eigenvalue weighted by atomic mass is 15.3. The van der Waals surface area contributed by atoms with Crippen molar-refractivity contribution in [3.63, 3.8) is 0 Å². The van der Waals surface area contributed by atoms with E-state index < -0.39 is 0 Å². The molecule has 0 saturated carbocycles. The molecule has 0 bridgehead atoms. The summed E-state index contributed by atoms with van der Waals surface area (Å²) < 4.78 is 1.72. The maximum atomic E-state index is 9.20. The first kappa shape index (κ1) is 12.1. The van der Waals surface area contributed by atoms with Crippen LogP contribution in [0.15, 0.2) is 36.9 Å². The van der Waals surface area contributed by atoms with Gasteiger partial charge in [-0.25, -0.2) is 4.98 Å². The molecule has 1 aromatic heterocycles. The average Bonchev–Trinajstić information content (AvgIpc) is 2.93. The van der Waals surface area contributed by atoms with E-state index in [0.29, 0.717) is 13.1 Å². The number of rotatable bonds is 5. The van der Waals surface area contributed by atoms with E-state index in [1.807, 2.05) is 18.2 Å². The molecule has 92 valence electrons. The number of aryl methyl sites for hydroxylation is 1. The van der Waals surface area contributed by atoms with E-state index in [0.717, 1.165) is 12.1 Å². The first-order valence-corrected chi connectivity index (χ1v) is 5.92. The van der Waals surface area contributed by atoms with E-state index in [-0.39, 0.29) is 0 Å². The molecular weight excluding hydrogens is 226 g/mol. The van der Waals surface area contributed by atoms with Crippen LogP contribution in [0.25, 0.3) is 0 Å². The fourth-order valence-electron chi connectivity index (χ4n) is 1.73. The molecule has 0 radical (unpaired) electrons. The molecule has 18 heavy (non-hydrogen) atoms. The van der Waals surface area contributed by atoms with Gasteiger partial charge in [0.15, 0.2) is 6.19 Å². The van der Waals surface area contributed by atoms with Gasteiger partial charge in [-0.1, -0.05) is 19.1 Å². The largest absolute Gasteiger partial charge is 0.278 e. The maximum absolute atomic E-state index is 9.20. The molecule has 1 aromatic carbocycles. The quantitative estimate of drug-likeness (QED) is 0.592. The third-order valence-corrected chi connectivity index (χ3v) is 2.77. The summed E-state index contributed by atoms with van der Waals surface area (Å²) in [6.45, 7) is 3.34. The Morgan fingerprint density at radius 1 is 1.44 bits per heavy atom. The van der Waals surface area contributed by atoms with Crippen LogP contribution in [0.1, 0.15) is 12.5 Å². The van der Waals surface area contributed by atoms with Gasteiger partial charge in [-0.2, -0.15) is 10.4 Å². The summed E-state index contributed by atoms with van der Waals surface area (Å²) in [7, 11) is 0. The number of anilines is 1. The van der Waals surface area contributed by atoms with Gasteiger partial charge in [0.2, 0.25) is 0 Å². The molecule has 0 unspecified atom stereocenters. The highest BCUT2D eigenvalue weighted by molar-refractivity contribution is 5.51. The molecule has 0 aliphatic rings. The highest BCUT2D eigenvalue weighted by Crippen LogP contribution is 2.15. The van der Waals surface area contributed by atoms with Gasteiger partial charge < -0.3 is 0 Å². The van der Waals surface area contributed by atoms with Gasteiger partial charge in [-0.05, 0) is 24.1 Å². The molecule has 0 atom stereocenters. The predicted octanol–water partition coefficient (Wildman–Crippen LogP) is 1.83. The second-order valence-corrected chi connectivity index (χ2v) is 3.93. The number of nitrogens with zero attached hydrogens (tertiary/aromatic N) is 5. The van der Waals surface area contributed by atoms with Crippen LogP contribution in [0.2, 0.25) is 0 Å². The molecule has 0 fully saturated rings. The Morgan fingerprint density at radius 2 is 2.33 bits per heavy atom. The van der Waals surface area contributed by atoms with E-state index >= 15 is 0 Å². The molecule has 1 heterocycles. The topological polar surface area (TPSA) is 57.7 Å². The molecule has 0 aliphatic heterocycles. The number of hydrogen-bond acceptors (Lipinski definition) is 4. The standard InChI is InChI=1S/C13H15N5/c1-2-12-4-3-5-13(8-12)17(9-14)6-7-18-11-15-10-16-18/h3-5,8,10-11H,2,6-7H2,1H3. The minimum absolute atomic E-state index is 0.590. The van der Waals surface area contributed by atoms with Gasteiger partial charge in [-0.3, -0.25) is 9.58 Å². The Morgan fingerprint density at radius 3 is 3.00 bits per heavy atom.